The van der Waals surface area contributed by atoms with Crippen LogP contribution in [0.5, 0.6) is 0 Å². The Morgan fingerprint density at radius 1 is 0.920 bits per heavy atom. The molecule has 124 valence electrons. The molecule has 0 atom stereocenters. The third kappa shape index (κ3) is 2.62. The van der Waals surface area contributed by atoms with Gasteiger partial charge in [0.05, 0.1) is 17.6 Å². The quantitative estimate of drug-likeness (QED) is 0.552. The molecule has 0 radical (unpaired) electrons. The molecule has 2 heterocycles. The van der Waals surface area contributed by atoms with Crippen molar-refractivity contribution in [3.05, 3.63) is 81.5 Å². The molecule has 0 saturated carbocycles. The van der Waals surface area contributed by atoms with Crippen LogP contribution in [-0.2, 0) is 0 Å². The number of hydrogen-bond acceptors (Lipinski definition) is 3. The molecular formula is C19H15ClN4O. The molecule has 5 nitrogen and oxygen atoms in total. The van der Waals surface area contributed by atoms with E-state index in [4.69, 9.17) is 11.6 Å². The van der Waals surface area contributed by atoms with Crippen LogP contribution < -0.4 is 5.56 Å². The highest BCUT2D eigenvalue weighted by molar-refractivity contribution is 6.30. The Bertz CT molecular complexity index is 1130. The molecule has 2 aromatic heterocycles. The largest absolute Gasteiger partial charge is 0.269 e. The summed E-state index contributed by atoms with van der Waals surface area (Å²) in [7, 11) is 0. The summed E-state index contributed by atoms with van der Waals surface area (Å²) < 4.78 is 3.26. The van der Waals surface area contributed by atoms with Crippen molar-refractivity contribution in [3.63, 3.8) is 0 Å². The first-order chi connectivity index (χ1) is 12.0. The SMILES string of the molecule is Cc1ccc(-n2c(C)nc3c(cnn3-c3ccc(Cl)cc3)c2=O)cc1. The number of aryl methyl sites for hydroxylation is 2. The van der Waals surface area contributed by atoms with Gasteiger partial charge in [-0.1, -0.05) is 29.3 Å². The van der Waals surface area contributed by atoms with E-state index < -0.39 is 0 Å². The highest BCUT2D eigenvalue weighted by Crippen LogP contribution is 2.18. The molecule has 25 heavy (non-hydrogen) atoms. The van der Waals surface area contributed by atoms with Gasteiger partial charge in [-0.25, -0.2) is 9.67 Å². The second kappa shape index (κ2) is 5.86. The van der Waals surface area contributed by atoms with Crippen molar-refractivity contribution in [2.45, 2.75) is 13.8 Å². The van der Waals surface area contributed by atoms with E-state index in [-0.39, 0.29) is 5.56 Å². The summed E-state index contributed by atoms with van der Waals surface area (Å²) in [5.41, 5.74) is 3.14. The van der Waals surface area contributed by atoms with E-state index in [2.05, 4.69) is 10.1 Å². The van der Waals surface area contributed by atoms with E-state index >= 15 is 0 Å². The van der Waals surface area contributed by atoms with Crippen LogP contribution >= 0.6 is 11.6 Å². The van der Waals surface area contributed by atoms with Gasteiger partial charge in [-0.3, -0.25) is 9.36 Å². The summed E-state index contributed by atoms with van der Waals surface area (Å²) in [6.45, 7) is 3.83. The molecule has 0 amide bonds. The van der Waals surface area contributed by atoms with Gasteiger partial charge in [-0.2, -0.15) is 5.10 Å². The Balaban J connectivity index is 1.94. The number of halogens is 1. The van der Waals surface area contributed by atoms with Crippen LogP contribution in [0.15, 0.2) is 59.5 Å². The molecule has 4 aromatic rings. The number of rotatable bonds is 2. The van der Waals surface area contributed by atoms with Gasteiger partial charge in [0, 0.05) is 5.02 Å². The normalized spacial score (nSPS) is 11.2. The summed E-state index contributed by atoms with van der Waals surface area (Å²) in [6.07, 6.45) is 1.56. The predicted octanol–water partition coefficient (Wildman–Crippen LogP) is 3.84. The highest BCUT2D eigenvalue weighted by atomic mass is 35.5. The first-order valence-corrected chi connectivity index (χ1v) is 8.23. The van der Waals surface area contributed by atoms with Gasteiger partial charge >= 0.3 is 0 Å². The fourth-order valence-electron chi connectivity index (χ4n) is 2.84. The maximum atomic E-state index is 13.0. The fourth-order valence-corrected chi connectivity index (χ4v) is 2.97. The zero-order valence-electron chi connectivity index (χ0n) is 13.8. The number of nitrogens with zero attached hydrogens (tertiary/aromatic N) is 4. The van der Waals surface area contributed by atoms with Crippen LogP contribution in [0.3, 0.4) is 0 Å². The minimum atomic E-state index is -0.133. The number of hydrogen-bond donors (Lipinski definition) is 0. The van der Waals surface area contributed by atoms with Crippen molar-refractivity contribution in [1.29, 1.82) is 0 Å². The molecule has 0 saturated heterocycles. The molecular weight excluding hydrogens is 336 g/mol. The molecule has 4 rings (SSSR count). The monoisotopic (exact) mass is 350 g/mol. The maximum absolute atomic E-state index is 13.0. The Hall–Kier alpha value is -2.92. The van der Waals surface area contributed by atoms with E-state index in [1.54, 1.807) is 27.6 Å². The zero-order chi connectivity index (χ0) is 17.6. The van der Waals surface area contributed by atoms with Crippen molar-refractivity contribution in [2.24, 2.45) is 0 Å². The highest BCUT2D eigenvalue weighted by Gasteiger charge is 2.15. The van der Waals surface area contributed by atoms with Crippen molar-refractivity contribution in [3.8, 4) is 11.4 Å². The third-order valence-electron chi connectivity index (χ3n) is 4.13. The van der Waals surface area contributed by atoms with Gasteiger partial charge in [0.2, 0.25) is 0 Å². The Kier molecular flexibility index (Phi) is 3.66. The van der Waals surface area contributed by atoms with Gasteiger partial charge in [-0.05, 0) is 50.2 Å². The Labute approximate surface area is 149 Å². The van der Waals surface area contributed by atoms with E-state index in [1.165, 1.54) is 0 Å². The van der Waals surface area contributed by atoms with Crippen LogP contribution in [-0.4, -0.2) is 19.3 Å². The molecule has 2 aromatic carbocycles. The van der Waals surface area contributed by atoms with E-state index in [0.29, 0.717) is 21.9 Å². The van der Waals surface area contributed by atoms with Gasteiger partial charge in [0.15, 0.2) is 5.65 Å². The molecule has 6 heteroatoms. The van der Waals surface area contributed by atoms with Crippen LogP contribution in [0.1, 0.15) is 11.4 Å². The van der Waals surface area contributed by atoms with Crippen molar-refractivity contribution in [1.82, 2.24) is 19.3 Å². The zero-order valence-corrected chi connectivity index (χ0v) is 14.5. The van der Waals surface area contributed by atoms with Crippen LogP contribution in [0.4, 0.5) is 0 Å². The average Bonchev–Trinajstić information content (AvgIpc) is 3.01. The molecule has 0 spiro atoms. The van der Waals surface area contributed by atoms with E-state index in [0.717, 1.165) is 16.9 Å². The van der Waals surface area contributed by atoms with Crippen molar-refractivity contribution in [2.75, 3.05) is 0 Å². The molecule has 0 N–H and O–H groups in total. The van der Waals surface area contributed by atoms with Gasteiger partial charge in [-0.15, -0.1) is 0 Å². The van der Waals surface area contributed by atoms with Crippen LogP contribution in [0, 0.1) is 13.8 Å². The molecule has 0 aliphatic heterocycles. The topological polar surface area (TPSA) is 52.7 Å². The molecule has 0 fully saturated rings. The second-order valence-corrected chi connectivity index (χ2v) is 6.34. The third-order valence-corrected chi connectivity index (χ3v) is 4.38. The van der Waals surface area contributed by atoms with Crippen LogP contribution in [0.2, 0.25) is 5.02 Å². The van der Waals surface area contributed by atoms with Crippen molar-refractivity contribution < 1.29 is 0 Å². The summed E-state index contributed by atoms with van der Waals surface area (Å²) >= 11 is 5.94. The first kappa shape index (κ1) is 15.6. The fraction of sp³-hybridized carbons (Fsp3) is 0.105. The summed E-state index contributed by atoms with van der Waals surface area (Å²) in [5.74, 6) is 0.608. The first-order valence-electron chi connectivity index (χ1n) is 7.85. The summed E-state index contributed by atoms with van der Waals surface area (Å²) in [5, 5.41) is 5.46. The van der Waals surface area contributed by atoms with Crippen molar-refractivity contribution >= 4 is 22.6 Å². The summed E-state index contributed by atoms with van der Waals surface area (Å²) in [6, 6.07) is 15.0. The average molecular weight is 351 g/mol. The predicted molar refractivity (Wildman–Crippen MR) is 98.9 cm³/mol. The van der Waals surface area contributed by atoms with Gasteiger partial charge in [0.25, 0.3) is 5.56 Å². The van der Waals surface area contributed by atoms with Gasteiger partial charge < -0.3 is 0 Å². The van der Waals surface area contributed by atoms with Crippen LogP contribution in [0.25, 0.3) is 22.4 Å². The second-order valence-electron chi connectivity index (χ2n) is 5.91. The maximum Gasteiger partial charge on any atom is 0.269 e. The minimum Gasteiger partial charge on any atom is -0.268 e. The molecule has 0 unspecified atom stereocenters. The molecule has 0 bridgehead atoms. The summed E-state index contributed by atoms with van der Waals surface area (Å²) in [4.78, 5) is 17.6. The lowest BCUT2D eigenvalue weighted by Crippen LogP contribution is -2.22. The number of benzene rings is 2. The molecule has 0 aliphatic carbocycles. The molecule has 0 aliphatic rings. The van der Waals surface area contributed by atoms with E-state index in [9.17, 15) is 4.79 Å². The Morgan fingerprint density at radius 3 is 2.24 bits per heavy atom. The van der Waals surface area contributed by atoms with E-state index in [1.807, 2.05) is 50.2 Å². The Morgan fingerprint density at radius 2 is 1.56 bits per heavy atom. The number of fused-ring (bicyclic) bond motifs is 1. The lowest BCUT2D eigenvalue weighted by Gasteiger charge is -2.10. The van der Waals surface area contributed by atoms with Gasteiger partial charge in [0.1, 0.15) is 11.2 Å². The lowest BCUT2D eigenvalue weighted by molar-refractivity contribution is 0.859. The smallest absolute Gasteiger partial charge is 0.268 e. The lowest BCUT2D eigenvalue weighted by atomic mass is 10.2. The number of aromatic nitrogens is 4. The standard InChI is InChI=1S/C19H15ClN4O/c1-12-3-7-15(8-4-12)23-13(2)22-18-17(19(23)25)11-21-24(18)16-9-5-14(20)6-10-16/h3-11H,1-2H3. The minimum absolute atomic E-state index is 0.133.